The number of rotatable bonds is 7. The van der Waals surface area contributed by atoms with Crippen molar-refractivity contribution in [2.24, 2.45) is 5.41 Å². The maximum atomic E-state index is 13.0. The van der Waals surface area contributed by atoms with Crippen molar-refractivity contribution >= 4 is 11.8 Å². The lowest BCUT2D eigenvalue weighted by Crippen LogP contribution is -2.52. The standard InChI is InChI=1S/C28H34N2O2/c1-4-6-21(2)19-22-7-5-8-25(20-22)23-9-11-24(12-10-23)26(31)29-15-17-30(18-16-29)27(32)28(3)13-14-28/h5,7-12,20H,2,4,6,13-19H2,1,3H3. The Morgan fingerprint density at radius 1 is 0.938 bits per heavy atom. The van der Waals surface area contributed by atoms with Gasteiger partial charge in [-0.3, -0.25) is 9.59 Å². The van der Waals surface area contributed by atoms with Crippen molar-refractivity contribution in [1.82, 2.24) is 9.80 Å². The van der Waals surface area contributed by atoms with Crippen LogP contribution in [-0.2, 0) is 11.2 Å². The Balaban J connectivity index is 1.37. The second kappa shape index (κ2) is 9.32. The van der Waals surface area contributed by atoms with Crippen molar-refractivity contribution in [1.29, 1.82) is 0 Å². The van der Waals surface area contributed by atoms with Crippen molar-refractivity contribution in [3.05, 3.63) is 71.8 Å². The molecule has 2 aromatic carbocycles. The van der Waals surface area contributed by atoms with Gasteiger partial charge in [0.05, 0.1) is 0 Å². The number of allylic oxidation sites excluding steroid dienone is 1. The number of nitrogens with zero attached hydrogens (tertiary/aromatic N) is 2. The molecule has 32 heavy (non-hydrogen) atoms. The minimum atomic E-state index is -0.136. The first kappa shape index (κ1) is 22.3. The van der Waals surface area contributed by atoms with Gasteiger partial charge >= 0.3 is 0 Å². The van der Waals surface area contributed by atoms with Gasteiger partial charge in [-0.1, -0.05) is 68.8 Å². The van der Waals surface area contributed by atoms with E-state index in [1.54, 1.807) is 0 Å². The first-order valence-corrected chi connectivity index (χ1v) is 11.8. The van der Waals surface area contributed by atoms with E-state index in [0.717, 1.165) is 43.2 Å². The second-order valence-corrected chi connectivity index (χ2v) is 9.60. The van der Waals surface area contributed by atoms with Gasteiger partial charge in [-0.05, 0) is 54.5 Å². The van der Waals surface area contributed by atoms with Crippen LogP contribution in [0.5, 0.6) is 0 Å². The van der Waals surface area contributed by atoms with E-state index >= 15 is 0 Å². The average Bonchev–Trinajstić information content (AvgIpc) is 3.57. The first-order chi connectivity index (χ1) is 15.4. The van der Waals surface area contributed by atoms with Crippen LogP contribution >= 0.6 is 0 Å². The van der Waals surface area contributed by atoms with Gasteiger partial charge in [-0.25, -0.2) is 0 Å². The topological polar surface area (TPSA) is 40.6 Å². The molecule has 0 unspecified atom stereocenters. The summed E-state index contributed by atoms with van der Waals surface area (Å²) in [4.78, 5) is 29.3. The Morgan fingerprint density at radius 3 is 2.22 bits per heavy atom. The summed E-state index contributed by atoms with van der Waals surface area (Å²) in [5, 5.41) is 0. The fourth-order valence-electron chi connectivity index (χ4n) is 4.48. The SMILES string of the molecule is C=C(CCC)Cc1cccc(-c2ccc(C(=O)N3CCN(C(=O)C4(C)CC4)CC3)cc2)c1. The highest BCUT2D eigenvalue weighted by molar-refractivity contribution is 5.95. The van der Waals surface area contributed by atoms with Crippen molar-refractivity contribution < 1.29 is 9.59 Å². The molecule has 0 atom stereocenters. The smallest absolute Gasteiger partial charge is 0.253 e. The summed E-state index contributed by atoms with van der Waals surface area (Å²) in [5.74, 6) is 0.306. The monoisotopic (exact) mass is 430 g/mol. The van der Waals surface area contributed by atoms with Gasteiger partial charge in [-0.2, -0.15) is 0 Å². The molecule has 1 saturated carbocycles. The number of carbonyl (C=O) groups excluding carboxylic acids is 2. The molecule has 0 bridgehead atoms. The van der Waals surface area contributed by atoms with E-state index in [2.05, 4.69) is 37.8 Å². The highest BCUT2D eigenvalue weighted by Gasteiger charge is 2.47. The van der Waals surface area contributed by atoms with Crippen LogP contribution in [-0.4, -0.2) is 47.8 Å². The third-order valence-electron chi connectivity index (χ3n) is 6.82. The van der Waals surface area contributed by atoms with Gasteiger partial charge in [-0.15, -0.1) is 0 Å². The molecule has 1 aliphatic heterocycles. The zero-order chi connectivity index (χ0) is 22.7. The Bertz CT molecular complexity index is 996. The zero-order valence-corrected chi connectivity index (χ0v) is 19.4. The average molecular weight is 431 g/mol. The predicted molar refractivity (Wildman–Crippen MR) is 129 cm³/mol. The van der Waals surface area contributed by atoms with Crippen LogP contribution in [0.3, 0.4) is 0 Å². The summed E-state index contributed by atoms with van der Waals surface area (Å²) in [5.41, 5.74) is 5.37. The summed E-state index contributed by atoms with van der Waals surface area (Å²) in [7, 11) is 0. The van der Waals surface area contributed by atoms with Gasteiger partial charge in [0, 0.05) is 37.2 Å². The lowest BCUT2D eigenvalue weighted by atomic mass is 9.97. The number of benzene rings is 2. The molecule has 0 radical (unpaired) electrons. The molecule has 168 valence electrons. The fraction of sp³-hybridized carbons (Fsp3) is 0.429. The van der Waals surface area contributed by atoms with E-state index in [0.29, 0.717) is 31.7 Å². The number of piperazine rings is 1. The normalized spacial score (nSPS) is 17.2. The summed E-state index contributed by atoms with van der Waals surface area (Å²) in [6, 6.07) is 16.5. The molecule has 0 spiro atoms. The molecule has 2 fully saturated rings. The van der Waals surface area contributed by atoms with Crippen LogP contribution < -0.4 is 0 Å². The molecule has 4 rings (SSSR count). The summed E-state index contributed by atoms with van der Waals surface area (Å²) in [6.45, 7) is 10.9. The number of hydrogen-bond acceptors (Lipinski definition) is 2. The van der Waals surface area contributed by atoms with Gasteiger partial charge in [0.2, 0.25) is 5.91 Å². The molecule has 2 aliphatic rings. The van der Waals surface area contributed by atoms with Crippen LogP contribution in [0.2, 0.25) is 0 Å². The molecule has 4 heteroatoms. The highest BCUT2D eigenvalue weighted by atomic mass is 16.2. The lowest BCUT2D eigenvalue weighted by molar-refractivity contribution is -0.137. The third-order valence-corrected chi connectivity index (χ3v) is 6.82. The summed E-state index contributed by atoms with van der Waals surface area (Å²) < 4.78 is 0. The van der Waals surface area contributed by atoms with Crippen LogP contribution in [0.15, 0.2) is 60.7 Å². The molecular formula is C28H34N2O2. The van der Waals surface area contributed by atoms with E-state index in [-0.39, 0.29) is 17.2 Å². The van der Waals surface area contributed by atoms with Crippen LogP contribution in [0.4, 0.5) is 0 Å². The van der Waals surface area contributed by atoms with Crippen molar-refractivity contribution in [3.63, 3.8) is 0 Å². The second-order valence-electron chi connectivity index (χ2n) is 9.60. The minimum Gasteiger partial charge on any atom is -0.339 e. The molecule has 1 saturated heterocycles. The molecule has 0 aromatic heterocycles. The van der Waals surface area contributed by atoms with Gasteiger partial charge in [0.15, 0.2) is 0 Å². The van der Waals surface area contributed by atoms with Crippen LogP contribution in [0.1, 0.15) is 55.5 Å². The molecule has 0 N–H and O–H groups in total. The lowest BCUT2D eigenvalue weighted by Gasteiger charge is -2.36. The van der Waals surface area contributed by atoms with Crippen LogP contribution in [0, 0.1) is 5.41 Å². The van der Waals surface area contributed by atoms with E-state index in [1.165, 1.54) is 11.1 Å². The van der Waals surface area contributed by atoms with E-state index in [9.17, 15) is 9.59 Å². The maximum absolute atomic E-state index is 13.0. The van der Waals surface area contributed by atoms with E-state index < -0.39 is 0 Å². The van der Waals surface area contributed by atoms with Crippen molar-refractivity contribution in [3.8, 4) is 11.1 Å². The summed E-state index contributed by atoms with van der Waals surface area (Å²) >= 11 is 0. The minimum absolute atomic E-state index is 0.0471. The van der Waals surface area contributed by atoms with Gasteiger partial charge in [0.25, 0.3) is 5.91 Å². The van der Waals surface area contributed by atoms with Crippen LogP contribution in [0.25, 0.3) is 11.1 Å². The van der Waals surface area contributed by atoms with E-state index in [4.69, 9.17) is 0 Å². The molecule has 1 heterocycles. The fourth-order valence-corrected chi connectivity index (χ4v) is 4.48. The predicted octanol–water partition coefficient (Wildman–Crippen LogP) is 5.34. The van der Waals surface area contributed by atoms with Gasteiger partial charge in [0.1, 0.15) is 0 Å². The number of hydrogen-bond donors (Lipinski definition) is 0. The molecule has 4 nitrogen and oxygen atoms in total. The molecule has 2 aromatic rings. The Labute approximate surface area is 191 Å². The highest BCUT2D eigenvalue weighted by Crippen LogP contribution is 2.46. The number of carbonyl (C=O) groups is 2. The Morgan fingerprint density at radius 2 is 1.59 bits per heavy atom. The Kier molecular flexibility index (Phi) is 6.50. The number of amides is 2. The largest absolute Gasteiger partial charge is 0.339 e. The quantitative estimate of drug-likeness (QED) is 0.557. The van der Waals surface area contributed by atoms with E-state index in [1.807, 2.05) is 41.0 Å². The van der Waals surface area contributed by atoms with Crippen molar-refractivity contribution in [2.75, 3.05) is 26.2 Å². The van der Waals surface area contributed by atoms with Crippen molar-refractivity contribution in [2.45, 2.75) is 46.0 Å². The first-order valence-electron chi connectivity index (χ1n) is 11.8. The summed E-state index contributed by atoms with van der Waals surface area (Å²) in [6.07, 6.45) is 5.08. The molecule has 2 amide bonds. The molecule has 1 aliphatic carbocycles. The Hall–Kier alpha value is -2.88. The zero-order valence-electron chi connectivity index (χ0n) is 19.4. The molecular weight excluding hydrogens is 396 g/mol. The maximum Gasteiger partial charge on any atom is 0.253 e. The third kappa shape index (κ3) is 4.95. The van der Waals surface area contributed by atoms with Gasteiger partial charge < -0.3 is 9.80 Å².